The summed E-state index contributed by atoms with van der Waals surface area (Å²) >= 11 is 0. The third-order valence-corrected chi connectivity index (χ3v) is 7.94. The fourth-order valence-corrected chi connectivity index (χ4v) is 5.35. The van der Waals surface area contributed by atoms with Crippen LogP contribution < -0.4 is 21.6 Å². The van der Waals surface area contributed by atoms with Crippen LogP contribution in [0.3, 0.4) is 0 Å². The van der Waals surface area contributed by atoms with Crippen LogP contribution in [0.15, 0.2) is 97.1 Å². The first kappa shape index (κ1) is 38.4. The van der Waals surface area contributed by atoms with Crippen LogP contribution >= 0.6 is 0 Å². The Kier molecular flexibility index (Phi) is 15.8. The van der Waals surface area contributed by atoms with E-state index in [1.165, 1.54) is 0 Å². The van der Waals surface area contributed by atoms with E-state index >= 15 is 0 Å². The molecule has 0 spiro atoms. The Morgan fingerprint density at radius 1 is 0.604 bits per heavy atom. The summed E-state index contributed by atoms with van der Waals surface area (Å²) in [5.74, 6) is -0.347. The zero-order valence-corrected chi connectivity index (χ0v) is 28.1. The van der Waals surface area contributed by atoms with Gasteiger partial charge in [-0.05, 0) is 59.9 Å². The molecule has 3 rings (SSSR count). The van der Waals surface area contributed by atoms with Crippen molar-refractivity contribution in [2.24, 2.45) is 0 Å². The van der Waals surface area contributed by atoms with Crippen LogP contribution in [0.5, 0.6) is 0 Å². The summed E-state index contributed by atoms with van der Waals surface area (Å²) in [6, 6.07) is 22.8. The minimum atomic E-state index is -1.57. The van der Waals surface area contributed by atoms with Crippen LogP contribution in [0.2, 0.25) is 0 Å². The summed E-state index contributed by atoms with van der Waals surface area (Å²) in [6.45, 7) is 15.2. The van der Waals surface area contributed by atoms with E-state index in [-0.39, 0.29) is 11.8 Å². The van der Waals surface area contributed by atoms with Gasteiger partial charge in [0.05, 0.1) is 0 Å². The highest BCUT2D eigenvalue weighted by atomic mass is 16.4. The second-order valence-corrected chi connectivity index (χ2v) is 12.2. The highest BCUT2D eigenvalue weighted by molar-refractivity contribution is 6.59. The van der Waals surface area contributed by atoms with Crippen molar-refractivity contribution in [3.05, 3.63) is 119 Å². The molecule has 0 aromatic heterocycles. The first-order valence-corrected chi connectivity index (χ1v) is 16.2. The van der Waals surface area contributed by atoms with Gasteiger partial charge >= 0.3 is 14.2 Å². The average Bonchev–Trinajstić information content (AvgIpc) is 3.05. The number of nitrogens with one attached hydrogen (secondary N) is 2. The Morgan fingerprint density at radius 3 is 1.29 bits per heavy atom. The number of hydrogen-bond acceptors (Lipinski definition) is 8. The van der Waals surface area contributed by atoms with Crippen LogP contribution in [0, 0.1) is 0 Å². The number of hydrogen-bond donors (Lipinski definition) is 6. The summed E-state index contributed by atoms with van der Waals surface area (Å²) < 4.78 is 0. The van der Waals surface area contributed by atoms with E-state index in [0.717, 1.165) is 22.3 Å². The van der Waals surface area contributed by atoms with Crippen molar-refractivity contribution < 1.29 is 29.7 Å². The SMILES string of the molecule is C=C(C)C(=O)NCCCN(Cc1ccc(CN(CCCNC(=O)C(=C)C)Cc2ccccc2B(O)O)cc1)Cc1ccccc1B(O)O. The third-order valence-electron chi connectivity index (χ3n) is 7.94. The zero-order valence-electron chi connectivity index (χ0n) is 28.1. The maximum absolute atomic E-state index is 11.9. The van der Waals surface area contributed by atoms with Crippen molar-refractivity contribution in [1.29, 1.82) is 0 Å². The largest absolute Gasteiger partial charge is 0.488 e. The van der Waals surface area contributed by atoms with Gasteiger partial charge in [0.15, 0.2) is 0 Å². The lowest BCUT2D eigenvalue weighted by Gasteiger charge is -2.25. The van der Waals surface area contributed by atoms with Crippen molar-refractivity contribution in [1.82, 2.24) is 20.4 Å². The molecule has 0 aliphatic carbocycles. The first-order valence-electron chi connectivity index (χ1n) is 16.2. The van der Waals surface area contributed by atoms with E-state index in [4.69, 9.17) is 0 Å². The van der Waals surface area contributed by atoms with Crippen LogP contribution in [0.1, 0.15) is 48.9 Å². The van der Waals surface area contributed by atoms with Crippen LogP contribution in [0.25, 0.3) is 0 Å². The van der Waals surface area contributed by atoms with E-state index in [9.17, 15) is 29.7 Å². The molecule has 0 heterocycles. The van der Waals surface area contributed by atoms with Gasteiger partial charge in [0.1, 0.15) is 0 Å². The summed E-state index contributed by atoms with van der Waals surface area (Å²) in [5, 5.41) is 45.4. The molecule has 0 unspecified atom stereocenters. The maximum Gasteiger partial charge on any atom is 0.488 e. The van der Waals surface area contributed by atoms with Crippen molar-refractivity contribution in [3.8, 4) is 0 Å². The van der Waals surface area contributed by atoms with Gasteiger partial charge in [0.25, 0.3) is 0 Å². The van der Waals surface area contributed by atoms with E-state index in [2.05, 4.69) is 57.9 Å². The minimum Gasteiger partial charge on any atom is -0.423 e. The highest BCUT2D eigenvalue weighted by Crippen LogP contribution is 2.15. The molecule has 254 valence electrons. The molecule has 3 aromatic rings. The van der Waals surface area contributed by atoms with Gasteiger partial charge in [-0.3, -0.25) is 19.4 Å². The topological polar surface area (TPSA) is 146 Å². The quantitative estimate of drug-likeness (QED) is 0.0607. The summed E-state index contributed by atoms with van der Waals surface area (Å²) in [6.07, 6.45) is 1.40. The number of benzene rings is 3. The number of carbonyl (C=O) groups is 2. The first-order chi connectivity index (χ1) is 22.9. The Balaban J connectivity index is 1.73. The van der Waals surface area contributed by atoms with Gasteiger partial charge in [-0.2, -0.15) is 0 Å². The Bertz CT molecular complexity index is 1400. The van der Waals surface area contributed by atoms with E-state index in [0.29, 0.717) is 87.3 Å². The van der Waals surface area contributed by atoms with Gasteiger partial charge in [-0.1, -0.05) is 86.0 Å². The Hall–Kier alpha value is -4.03. The summed E-state index contributed by atoms with van der Waals surface area (Å²) in [7, 11) is -3.15. The standard InChI is InChI=1S/C36H48B2N4O6/c1-27(2)35(43)39-19-9-21-41(25-31-11-5-7-13-33(31)37(45)46)23-29-15-17-30(18-16-29)24-42(22-10-20-40-36(44)28(3)4)26-32-12-6-8-14-34(32)38(47)48/h5-8,11-18,45-48H,1,3,9-10,19-26H2,2,4H3,(H,39,43)(H,40,44). The lowest BCUT2D eigenvalue weighted by Crippen LogP contribution is -2.36. The monoisotopic (exact) mass is 654 g/mol. The number of nitrogens with zero attached hydrogens (tertiary/aromatic N) is 2. The molecule has 3 aromatic carbocycles. The number of amides is 2. The predicted octanol–water partition coefficient (Wildman–Crippen LogP) is 1.22. The lowest BCUT2D eigenvalue weighted by atomic mass is 9.77. The average molecular weight is 654 g/mol. The van der Waals surface area contributed by atoms with E-state index in [1.807, 2.05) is 24.3 Å². The third kappa shape index (κ3) is 12.9. The minimum absolute atomic E-state index is 0.174. The highest BCUT2D eigenvalue weighted by Gasteiger charge is 2.19. The molecular formula is C36H48B2N4O6. The normalized spacial score (nSPS) is 11.0. The fourth-order valence-electron chi connectivity index (χ4n) is 5.35. The molecule has 0 atom stereocenters. The van der Waals surface area contributed by atoms with Crippen LogP contribution in [0.4, 0.5) is 0 Å². The second-order valence-electron chi connectivity index (χ2n) is 12.2. The Morgan fingerprint density at radius 2 is 0.958 bits per heavy atom. The Labute approximate surface area is 285 Å². The van der Waals surface area contributed by atoms with Crippen molar-refractivity contribution >= 4 is 37.0 Å². The molecule has 48 heavy (non-hydrogen) atoms. The van der Waals surface area contributed by atoms with Crippen LogP contribution in [-0.2, 0) is 35.8 Å². The molecule has 0 aliphatic rings. The van der Waals surface area contributed by atoms with E-state index < -0.39 is 14.2 Å². The molecule has 2 amide bonds. The zero-order chi connectivity index (χ0) is 35.1. The molecular weight excluding hydrogens is 606 g/mol. The second kappa shape index (κ2) is 19.7. The van der Waals surface area contributed by atoms with Crippen LogP contribution in [-0.4, -0.2) is 82.1 Å². The molecule has 0 saturated heterocycles. The van der Waals surface area contributed by atoms with Crippen molar-refractivity contribution in [2.45, 2.75) is 52.9 Å². The lowest BCUT2D eigenvalue weighted by molar-refractivity contribution is -0.118. The smallest absolute Gasteiger partial charge is 0.423 e. The molecule has 0 aliphatic heterocycles. The molecule has 0 radical (unpaired) electrons. The summed E-state index contributed by atoms with van der Waals surface area (Å²) in [4.78, 5) is 28.3. The van der Waals surface area contributed by atoms with Crippen molar-refractivity contribution in [3.63, 3.8) is 0 Å². The molecule has 0 bridgehead atoms. The molecule has 0 saturated carbocycles. The van der Waals surface area contributed by atoms with Gasteiger partial charge in [-0.25, -0.2) is 0 Å². The maximum atomic E-state index is 11.9. The molecule has 10 nitrogen and oxygen atoms in total. The number of carbonyl (C=O) groups excluding carboxylic acids is 2. The van der Waals surface area contributed by atoms with Crippen molar-refractivity contribution in [2.75, 3.05) is 26.2 Å². The fraction of sp³-hybridized carbons (Fsp3) is 0.333. The van der Waals surface area contributed by atoms with E-state index in [1.54, 1.807) is 38.1 Å². The predicted molar refractivity (Wildman–Crippen MR) is 192 cm³/mol. The summed E-state index contributed by atoms with van der Waals surface area (Å²) in [5.41, 5.74) is 5.63. The van der Waals surface area contributed by atoms with Gasteiger partial charge < -0.3 is 30.7 Å². The van der Waals surface area contributed by atoms with Gasteiger partial charge in [0, 0.05) is 63.5 Å². The van der Waals surface area contributed by atoms with Gasteiger partial charge in [-0.15, -0.1) is 0 Å². The molecule has 6 N–H and O–H groups in total. The molecule has 12 heteroatoms. The van der Waals surface area contributed by atoms with Gasteiger partial charge in [0.2, 0.25) is 11.8 Å². The molecule has 0 fully saturated rings. The number of rotatable bonds is 20.